The summed E-state index contributed by atoms with van der Waals surface area (Å²) in [7, 11) is 0. The Bertz CT molecular complexity index is 289. The molecule has 0 aliphatic carbocycles. The molecule has 0 radical (unpaired) electrons. The van der Waals surface area contributed by atoms with Crippen molar-refractivity contribution in [2.24, 2.45) is 0 Å². The molecule has 1 atom stereocenters. The quantitative estimate of drug-likeness (QED) is 0.524. The van der Waals surface area contributed by atoms with Crippen LogP contribution in [0.3, 0.4) is 0 Å². The fourth-order valence-corrected chi connectivity index (χ4v) is 2.55. The van der Waals surface area contributed by atoms with Crippen LogP contribution in [-0.4, -0.2) is 17.9 Å². The smallest absolute Gasteiger partial charge is 0.0408 e. The van der Waals surface area contributed by atoms with Gasteiger partial charge in [0.15, 0.2) is 0 Å². The molecular formula is C12H16Cl2S. The van der Waals surface area contributed by atoms with Crippen molar-refractivity contribution >= 4 is 35.0 Å². The van der Waals surface area contributed by atoms with E-state index < -0.39 is 0 Å². The van der Waals surface area contributed by atoms with E-state index in [0.29, 0.717) is 11.8 Å². The Kier molecular flexibility index (Phi) is 6.54. The van der Waals surface area contributed by atoms with Crippen LogP contribution in [0.4, 0.5) is 0 Å². The Morgan fingerprint density at radius 3 is 2.80 bits per heavy atom. The van der Waals surface area contributed by atoms with Gasteiger partial charge in [0.1, 0.15) is 0 Å². The molecule has 1 rings (SSSR count). The van der Waals surface area contributed by atoms with E-state index in [2.05, 4.69) is 12.3 Å². The van der Waals surface area contributed by atoms with Crippen LogP contribution < -0.4 is 0 Å². The van der Waals surface area contributed by atoms with E-state index in [9.17, 15) is 0 Å². The van der Waals surface area contributed by atoms with E-state index >= 15 is 0 Å². The van der Waals surface area contributed by atoms with Crippen molar-refractivity contribution in [3.05, 3.63) is 34.9 Å². The van der Waals surface area contributed by atoms with Crippen molar-refractivity contribution in [1.82, 2.24) is 0 Å². The fraction of sp³-hybridized carbons (Fsp3) is 0.500. The SMILES string of the molecule is CSCCCC(CCl)c1cccc(Cl)c1. The average molecular weight is 263 g/mol. The van der Waals surface area contributed by atoms with Gasteiger partial charge in [-0.15, -0.1) is 11.6 Å². The molecule has 0 aliphatic rings. The molecule has 3 heteroatoms. The maximum atomic E-state index is 5.98. The largest absolute Gasteiger partial charge is 0.165 e. The van der Waals surface area contributed by atoms with Gasteiger partial charge in [-0.05, 0) is 48.5 Å². The summed E-state index contributed by atoms with van der Waals surface area (Å²) in [5.74, 6) is 2.32. The number of rotatable bonds is 6. The highest BCUT2D eigenvalue weighted by atomic mass is 35.5. The van der Waals surface area contributed by atoms with Crippen LogP contribution in [0.5, 0.6) is 0 Å². The van der Waals surface area contributed by atoms with E-state index in [1.807, 2.05) is 30.0 Å². The van der Waals surface area contributed by atoms with E-state index in [-0.39, 0.29) is 0 Å². The molecule has 0 N–H and O–H groups in total. The molecule has 0 heterocycles. The molecule has 0 nitrogen and oxygen atoms in total. The number of halogens is 2. The molecule has 0 bridgehead atoms. The Morgan fingerprint density at radius 2 is 2.20 bits per heavy atom. The van der Waals surface area contributed by atoms with Gasteiger partial charge in [-0.2, -0.15) is 11.8 Å². The maximum Gasteiger partial charge on any atom is 0.0408 e. The number of hydrogen-bond acceptors (Lipinski definition) is 1. The first kappa shape index (κ1) is 13.2. The summed E-state index contributed by atoms with van der Waals surface area (Å²) in [6, 6.07) is 8.02. The second kappa shape index (κ2) is 7.43. The number of thioether (sulfide) groups is 1. The molecule has 0 saturated heterocycles. The highest BCUT2D eigenvalue weighted by Crippen LogP contribution is 2.25. The van der Waals surface area contributed by atoms with Crippen LogP contribution in [0.25, 0.3) is 0 Å². The highest BCUT2D eigenvalue weighted by molar-refractivity contribution is 7.98. The van der Waals surface area contributed by atoms with Crippen molar-refractivity contribution in [1.29, 1.82) is 0 Å². The molecule has 15 heavy (non-hydrogen) atoms. The van der Waals surface area contributed by atoms with Crippen LogP contribution in [0.15, 0.2) is 24.3 Å². The van der Waals surface area contributed by atoms with Crippen molar-refractivity contribution in [2.75, 3.05) is 17.9 Å². The summed E-state index contributed by atoms with van der Waals surface area (Å²) in [5, 5.41) is 0.799. The van der Waals surface area contributed by atoms with Gasteiger partial charge in [-0.1, -0.05) is 23.7 Å². The fourth-order valence-electron chi connectivity index (χ4n) is 1.57. The first-order valence-corrected chi connectivity index (χ1v) is 7.39. The average Bonchev–Trinajstić information content (AvgIpc) is 2.24. The van der Waals surface area contributed by atoms with Crippen LogP contribution >= 0.6 is 35.0 Å². The highest BCUT2D eigenvalue weighted by Gasteiger charge is 2.09. The lowest BCUT2D eigenvalue weighted by Gasteiger charge is -2.14. The molecule has 0 aromatic heterocycles. The van der Waals surface area contributed by atoms with Crippen molar-refractivity contribution in [3.63, 3.8) is 0 Å². The van der Waals surface area contributed by atoms with Gasteiger partial charge in [-0.25, -0.2) is 0 Å². The molecule has 0 aliphatic heterocycles. The second-order valence-corrected chi connectivity index (χ2v) is 5.27. The zero-order valence-electron chi connectivity index (χ0n) is 8.88. The molecule has 1 aromatic carbocycles. The number of benzene rings is 1. The maximum absolute atomic E-state index is 5.98. The van der Waals surface area contributed by atoms with Gasteiger partial charge < -0.3 is 0 Å². The zero-order chi connectivity index (χ0) is 11.1. The molecular weight excluding hydrogens is 247 g/mol. The number of alkyl halides is 1. The van der Waals surface area contributed by atoms with Gasteiger partial charge in [0.2, 0.25) is 0 Å². The van der Waals surface area contributed by atoms with Gasteiger partial charge in [0.05, 0.1) is 0 Å². The van der Waals surface area contributed by atoms with Crippen LogP contribution in [0, 0.1) is 0 Å². The third-order valence-corrected chi connectivity index (χ3v) is 3.71. The van der Waals surface area contributed by atoms with Crippen molar-refractivity contribution in [2.45, 2.75) is 18.8 Å². The topological polar surface area (TPSA) is 0 Å². The van der Waals surface area contributed by atoms with E-state index in [1.54, 1.807) is 0 Å². The Morgan fingerprint density at radius 1 is 1.40 bits per heavy atom. The molecule has 1 aromatic rings. The predicted molar refractivity (Wildman–Crippen MR) is 72.5 cm³/mol. The Balaban J connectivity index is 2.57. The first-order valence-electron chi connectivity index (χ1n) is 5.08. The molecule has 1 unspecified atom stereocenters. The summed E-state index contributed by atoms with van der Waals surface area (Å²) < 4.78 is 0. The summed E-state index contributed by atoms with van der Waals surface area (Å²) in [4.78, 5) is 0. The lowest BCUT2D eigenvalue weighted by Crippen LogP contribution is -2.01. The summed E-state index contributed by atoms with van der Waals surface area (Å²) >= 11 is 13.8. The molecule has 84 valence electrons. The molecule has 0 saturated carbocycles. The minimum Gasteiger partial charge on any atom is -0.165 e. The third kappa shape index (κ3) is 4.67. The lowest BCUT2D eigenvalue weighted by atomic mass is 9.96. The van der Waals surface area contributed by atoms with E-state index in [4.69, 9.17) is 23.2 Å². The second-order valence-electron chi connectivity index (χ2n) is 3.54. The lowest BCUT2D eigenvalue weighted by molar-refractivity contribution is 0.675. The number of hydrogen-bond donors (Lipinski definition) is 0. The van der Waals surface area contributed by atoms with E-state index in [0.717, 1.165) is 11.4 Å². The third-order valence-electron chi connectivity index (χ3n) is 2.41. The minimum absolute atomic E-state index is 0.442. The molecule has 0 spiro atoms. The van der Waals surface area contributed by atoms with Crippen molar-refractivity contribution in [3.8, 4) is 0 Å². The normalized spacial score (nSPS) is 12.7. The Hall–Kier alpha value is 0.150. The van der Waals surface area contributed by atoms with E-state index in [1.165, 1.54) is 17.7 Å². The molecule has 0 amide bonds. The van der Waals surface area contributed by atoms with Gasteiger partial charge in [0.25, 0.3) is 0 Å². The standard InChI is InChI=1S/C12H16Cl2S/c1-15-7-3-5-11(9-13)10-4-2-6-12(14)8-10/h2,4,6,8,11H,3,5,7,9H2,1H3. The minimum atomic E-state index is 0.442. The van der Waals surface area contributed by atoms with Crippen molar-refractivity contribution < 1.29 is 0 Å². The van der Waals surface area contributed by atoms with Gasteiger partial charge in [-0.3, -0.25) is 0 Å². The summed E-state index contributed by atoms with van der Waals surface area (Å²) in [6.07, 6.45) is 4.49. The molecule has 0 fully saturated rings. The monoisotopic (exact) mass is 262 g/mol. The predicted octanol–water partition coefficient (Wildman–Crippen LogP) is 4.81. The first-order chi connectivity index (χ1) is 7.27. The van der Waals surface area contributed by atoms with Gasteiger partial charge in [0, 0.05) is 10.9 Å². The van der Waals surface area contributed by atoms with Crippen LogP contribution in [0.2, 0.25) is 5.02 Å². The Labute approximate surface area is 106 Å². The summed E-state index contributed by atoms with van der Waals surface area (Å²) in [5.41, 5.74) is 1.26. The zero-order valence-corrected chi connectivity index (χ0v) is 11.2. The van der Waals surface area contributed by atoms with Crippen LogP contribution in [0.1, 0.15) is 24.3 Å². The summed E-state index contributed by atoms with van der Waals surface area (Å²) in [6.45, 7) is 0. The van der Waals surface area contributed by atoms with Crippen LogP contribution in [-0.2, 0) is 0 Å². The van der Waals surface area contributed by atoms with Gasteiger partial charge >= 0.3 is 0 Å².